The first-order valence-electron chi connectivity index (χ1n) is 7.38. The molecule has 1 spiro atoms. The highest BCUT2D eigenvalue weighted by Crippen LogP contribution is 2.41. The number of guanidine groups is 1. The van der Waals surface area contributed by atoms with Crippen molar-refractivity contribution >= 4 is 11.9 Å². The van der Waals surface area contributed by atoms with E-state index in [1.807, 2.05) is 0 Å². The van der Waals surface area contributed by atoms with E-state index in [1.165, 1.54) is 0 Å². The molecule has 2 fully saturated rings. The van der Waals surface area contributed by atoms with Crippen molar-refractivity contribution in [3.05, 3.63) is 0 Å². The standard InChI is InChI=1S/C14H21N5O/c1-18-6-8-19(9-7-18)13-16-12(20)11(10-15)14(17-13)4-2-3-5-14/h11H,2-9H2,1H3,(H,16,17,20)/t11-/m1/s1. The number of carbonyl (C=O) groups excluding carboxylic acids is 1. The molecule has 0 aromatic rings. The lowest BCUT2D eigenvalue weighted by Crippen LogP contribution is -2.59. The molecule has 6 nitrogen and oxygen atoms in total. The molecule has 3 aliphatic rings. The SMILES string of the molecule is CN1CCN(C2=NC3(CCCC3)[C@H](C#N)C(=O)N2)CC1. The highest BCUT2D eigenvalue weighted by atomic mass is 16.2. The lowest BCUT2D eigenvalue weighted by molar-refractivity contribution is -0.124. The van der Waals surface area contributed by atoms with Gasteiger partial charge in [-0.15, -0.1) is 0 Å². The maximum Gasteiger partial charge on any atom is 0.246 e. The van der Waals surface area contributed by atoms with E-state index in [2.05, 4.69) is 28.2 Å². The zero-order chi connectivity index (χ0) is 14.2. The molecule has 1 N–H and O–H groups in total. The fourth-order valence-corrected chi connectivity index (χ4v) is 3.46. The first kappa shape index (κ1) is 13.4. The second kappa shape index (κ2) is 5.06. The minimum atomic E-state index is -0.624. The molecule has 2 heterocycles. The number of nitrogens with zero attached hydrogens (tertiary/aromatic N) is 4. The lowest BCUT2D eigenvalue weighted by atomic mass is 9.82. The molecule has 0 unspecified atom stereocenters. The van der Waals surface area contributed by atoms with Crippen molar-refractivity contribution in [3.63, 3.8) is 0 Å². The summed E-state index contributed by atoms with van der Waals surface area (Å²) in [6.45, 7) is 3.71. The Morgan fingerprint density at radius 3 is 2.55 bits per heavy atom. The summed E-state index contributed by atoms with van der Waals surface area (Å²) in [4.78, 5) is 21.5. The molecule has 108 valence electrons. The summed E-state index contributed by atoms with van der Waals surface area (Å²) in [5.41, 5.74) is -0.463. The van der Waals surface area contributed by atoms with Crippen LogP contribution in [-0.2, 0) is 4.79 Å². The van der Waals surface area contributed by atoms with E-state index in [4.69, 9.17) is 4.99 Å². The van der Waals surface area contributed by atoms with E-state index in [1.54, 1.807) is 0 Å². The summed E-state index contributed by atoms with van der Waals surface area (Å²) >= 11 is 0. The van der Waals surface area contributed by atoms with Crippen molar-refractivity contribution in [1.29, 1.82) is 5.26 Å². The Kier molecular flexibility index (Phi) is 3.38. The van der Waals surface area contributed by atoms with Crippen molar-refractivity contribution in [2.75, 3.05) is 33.2 Å². The van der Waals surface area contributed by atoms with E-state index in [0.717, 1.165) is 51.9 Å². The number of aliphatic imine (C=N–C) groups is 1. The Hall–Kier alpha value is -1.61. The van der Waals surface area contributed by atoms with Crippen LogP contribution in [0.25, 0.3) is 0 Å². The largest absolute Gasteiger partial charge is 0.340 e. The molecule has 0 aromatic heterocycles. The first-order valence-corrected chi connectivity index (χ1v) is 7.38. The van der Waals surface area contributed by atoms with Crippen LogP contribution in [0.3, 0.4) is 0 Å². The zero-order valence-corrected chi connectivity index (χ0v) is 11.9. The van der Waals surface area contributed by atoms with Gasteiger partial charge in [-0.05, 0) is 19.9 Å². The number of nitrogens with one attached hydrogen (secondary N) is 1. The van der Waals surface area contributed by atoms with Crippen LogP contribution in [0.15, 0.2) is 4.99 Å². The molecule has 6 heteroatoms. The van der Waals surface area contributed by atoms with E-state index < -0.39 is 11.5 Å². The number of rotatable bonds is 0. The first-order chi connectivity index (χ1) is 9.64. The van der Waals surface area contributed by atoms with Crippen LogP contribution < -0.4 is 5.32 Å². The van der Waals surface area contributed by atoms with Crippen LogP contribution in [0, 0.1) is 17.2 Å². The quantitative estimate of drug-likeness (QED) is 0.684. The van der Waals surface area contributed by atoms with Crippen molar-refractivity contribution in [3.8, 4) is 6.07 Å². The van der Waals surface area contributed by atoms with Crippen LogP contribution in [0.2, 0.25) is 0 Å². The number of amides is 1. The topological polar surface area (TPSA) is 71.7 Å². The average Bonchev–Trinajstić information content (AvgIpc) is 2.88. The average molecular weight is 275 g/mol. The van der Waals surface area contributed by atoms with Crippen molar-refractivity contribution < 1.29 is 4.79 Å². The van der Waals surface area contributed by atoms with E-state index in [9.17, 15) is 10.1 Å². The lowest BCUT2D eigenvalue weighted by Gasteiger charge is -2.40. The summed E-state index contributed by atoms with van der Waals surface area (Å²) in [6.07, 6.45) is 3.84. The molecule has 0 radical (unpaired) electrons. The molecule has 1 saturated heterocycles. The van der Waals surface area contributed by atoms with Gasteiger partial charge in [-0.2, -0.15) is 5.26 Å². The third-order valence-corrected chi connectivity index (χ3v) is 4.76. The molecule has 3 rings (SSSR count). The molecule has 1 saturated carbocycles. The van der Waals surface area contributed by atoms with Crippen LogP contribution in [-0.4, -0.2) is 60.4 Å². The van der Waals surface area contributed by atoms with Crippen LogP contribution in [0.4, 0.5) is 0 Å². The summed E-state index contributed by atoms with van der Waals surface area (Å²) in [5, 5.41) is 12.2. The van der Waals surface area contributed by atoms with Gasteiger partial charge in [0.2, 0.25) is 11.9 Å². The summed E-state index contributed by atoms with van der Waals surface area (Å²) in [5.74, 6) is -0.101. The second-order valence-corrected chi connectivity index (χ2v) is 6.09. The van der Waals surface area contributed by atoms with Crippen molar-refractivity contribution in [2.24, 2.45) is 10.9 Å². The molecule has 0 aromatic carbocycles. The van der Waals surface area contributed by atoms with Gasteiger partial charge >= 0.3 is 0 Å². The number of carbonyl (C=O) groups is 1. The Morgan fingerprint density at radius 1 is 1.30 bits per heavy atom. The smallest absolute Gasteiger partial charge is 0.246 e. The van der Waals surface area contributed by atoms with Crippen LogP contribution in [0.5, 0.6) is 0 Å². The third kappa shape index (κ3) is 2.16. The van der Waals surface area contributed by atoms with Gasteiger partial charge in [-0.25, -0.2) is 4.99 Å². The molecule has 1 atom stereocenters. The van der Waals surface area contributed by atoms with E-state index >= 15 is 0 Å². The number of likely N-dealkylation sites (N-methyl/N-ethyl adjacent to an activating group) is 1. The fourth-order valence-electron chi connectivity index (χ4n) is 3.46. The number of piperazine rings is 1. The van der Waals surface area contributed by atoms with Crippen LogP contribution in [0.1, 0.15) is 25.7 Å². The predicted octanol–water partition coefficient (Wildman–Crippen LogP) is 0.172. The highest BCUT2D eigenvalue weighted by molar-refractivity contribution is 6.02. The maximum atomic E-state index is 12.3. The van der Waals surface area contributed by atoms with Crippen molar-refractivity contribution in [2.45, 2.75) is 31.2 Å². The van der Waals surface area contributed by atoms with Gasteiger partial charge in [-0.1, -0.05) is 12.8 Å². The number of hydrogen-bond acceptors (Lipinski definition) is 5. The van der Waals surface area contributed by atoms with E-state index in [-0.39, 0.29) is 5.91 Å². The van der Waals surface area contributed by atoms with Gasteiger partial charge in [-0.3, -0.25) is 10.1 Å². The van der Waals surface area contributed by atoms with Gasteiger partial charge in [0.25, 0.3) is 0 Å². The van der Waals surface area contributed by atoms with Gasteiger partial charge in [0, 0.05) is 26.2 Å². The predicted molar refractivity (Wildman–Crippen MR) is 74.9 cm³/mol. The normalized spacial score (nSPS) is 30.0. The van der Waals surface area contributed by atoms with Gasteiger partial charge in [0.15, 0.2) is 5.92 Å². The van der Waals surface area contributed by atoms with Gasteiger partial charge in [0.1, 0.15) is 0 Å². The Bertz CT molecular complexity index is 466. The molecule has 1 aliphatic carbocycles. The molecule has 2 aliphatic heterocycles. The summed E-state index contributed by atoms with van der Waals surface area (Å²) in [7, 11) is 2.10. The van der Waals surface area contributed by atoms with E-state index in [0.29, 0.717) is 5.96 Å². The molecular weight excluding hydrogens is 254 g/mol. The molecule has 1 amide bonds. The summed E-state index contributed by atoms with van der Waals surface area (Å²) in [6, 6.07) is 2.17. The Balaban J connectivity index is 1.86. The Labute approximate surface area is 119 Å². The number of hydrogen-bond donors (Lipinski definition) is 1. The maximum absolute atomic E-state index is 12.3. The Morgan fingerprint density at radius 2 is 1.95 bits per heavy atom. The minimum Gasteiger partial charge on any atom is -0.340 e. The minimum absolute atomic E-state index is 0.168. The molecular formula is C14H21N5O. The third-order valence-electron chi connectivity index (χ3n) is 4.76. The van der Waals surface area contributed by atoms with Gasteiger partial charge in [0.05, 0.1) is 11.6 Å². The van der Waals surface area contributed by atoms with Crippen molar-refractivity contribution in [1.82, 2.24) is 15.1 Å². The number of nitriles is 1. The second-order valence-electron chi connectivity index (χ2n) is 6.09. The van der Waals surface area contributed by atoms with Crippen LogP contribution >= 0.6 is 0 Å². The highest BCUT2D eigenvalue weighted by Gasteiger charge is 2.49. The monoisotopic (exact) mass is 275 g/mol. The van der Waals surface area contributed by atoms with Gasteiger partial charge < -0.3 is 9.80 Å². The fraction of sp³-hybridized carbons (Fsp3) is 0.786. The molecule has 0 bridgehead atoms. The molecule has 20 heavy (non-hydrogen) atoms. The summed E-state index contributed by atoms with van der Waals surface area (Å²) < 4.78 is 0. The zero-order valence-electron chi connectivity index (χ0n) is 11.9.